The van der Waals surface area contributed by atoms with Gasteiger partial charge in [0.05, 0.1) is 6.54 Å². The summed E-state index contributed by atoms with van der Waals surface area (Å²) in [6.45, 7) is 6.78. The summed E-state index contributed by atoms with van der Waals surface area (Å²) in [7, 11) is 0. The molecule has 112 valence electrons. The molecular formula is C16H19ClN2OS. The fourth-order valence-electron chi connectivity index (χ4n) is 2.07. The summed E-state index contributed by atoms with van der Waals surface area (Å²) in [4.78, 5) is 18.9. The molecule has 0 aliphatic rings. The van der Waals surface area contributed by atoms with Crippen LogP contribution >= 0.6 is 22.9 Å². The quantitative estimate of drug-likeness (QED) is 0.834. The standard InChI is InChI=1S/C16H19ClN2OS/c1-4-5-13-7-12(8-15(17)19-13)16(20)18-9-14-6-10(2)11(3)21-14/h6-8H,4-5,9H2,1-3H3,(H,18,20). The molecule has 0 unspecified atom stereocenters. The van der Waals surface area contributed by atoms with Crippen molar-refractivity contribution in [2.45, 2.75) is 40.2 Å². The van der Waals surface area contributed by atoms with E-state index in [4.69, 9.17) is 11.6 Å². The predicted molar refractivity (Wildman–Crippen MR) is 88.2 cm³/mol. The van der Waals surface area contributed by atoms with Crippen LogP contribution in [-0.2, 0) is 13.0 Å². The highest BCUT2D eigenvalue weighted by atomic mass is 35.5. The number of thiophene rings is 1. The first-order valence-corrected chi connectivity index (χ1v) is 8.19. The van der Waals surface area contributed by atoms with Gasteiger partial charge < -0.3 is 5.32 Å². The van der Waals surface area contributed by atoms with Gasteiger partial charge in [-0.2, -0.15) is 0 Å². The number of carbonyl (C=O) groups excluding carboxylic acids is 1. The minimum atomic E-state index is -0.111. The summed E-state index contributed by atoms with van der Waals surface area (Å²) in [5, 5.41) is 3.31. The molecule has 0 aliphatic heterocycles. The van der Waals surface area contributed by atoms with E-state index < -0.39 is 0 Å². The van der Waals surface area contributed by atoms with Gasteiger partial charge in [-0.05, 0) is 44.0 Å². The maximum Gasteiger partial charge on any atom is 0.251 e. The average Bonchev–Trinajstić information content (AvgIpc) is 2.75. The zero-order valence-electron chi connectivity index (χ0n) is 12.5. The first-order chi connectivity index (χ1) is 9.99. The fourth-order valence-corrected chi connectivity index (χ4v) is 3.29. The Morgan fingerprint density at radius 1 is 1.33 bits per heavy atom. The average molecular weight is 323 g/mol. The largest absolute Gasteiger partial charge is 0.347 e. The number of nitrogens with one attached hydrogen (secondary N) is 1. The molecule has 0 spiro atoms. The van der Waals surface area contributed by atoms with Crippen LogP contribution in [0.2, 0.25) is 5.15 Å². The molecule has 1 amide bonds. The van der Waals surface area contributed by atoms with Crippen molar-refractivity contribution in [1.82, 2.24) is 10.3 Å². The summed E-state index contributed by atoms with van der Waals surface area (Å²) in [6.07, 6.45) is 1.80. The molecule has 5 heteroatoms. The van der Waals surface area contributed by atoms with Crippen molar-refractivity contribution in [3.8, 4) is 0 Å². The third-order valence-electron chi connectivity index (χ3n) is 3.26. The summed E-state index contributed by atoms with van der Waals surface area (Å²) in [6, 6.07) is 5.54. The van der Waals surface area contributed by atoms with Crippen molar-refractivity contribution in [3.05, 3.63) is 49.9 Å². The third-order valence-corrected chi connectivity index (χ3v) is 4.60. The molecule has 1 N–H and O–H groups in total. The van der Waals surface area contributed by atoms with Crippen LogP contribution in [0.3, 0.4) is 0 Å². The molecule has 0 saturated carbocycles. The Balaban J connectivity index is 2.06. The molecule has 0 atom stereocenters. The molecule has 3 nitrogen and oxygen atoms in total. The van der Waals surface area contributed by atoms with E-state index in [9.17, 15) is 4.79 Å². The van der Waals surface area contributed by atoms with Crippen LogP contribution < -0.4 is 5.32 Å². The van der Waals surface area contributed by atoms with E-state index in [0.29, 0.717) is 17.3 Å². The Labute approximate surface area is 134 Å². The van der Waals surface area contributed by atoms with E-state index in [1.165, 1.54) is 10.4 Å². The van der Waals surface area contributed by atoms with Gasteiger partial charge in [-0.1, -0.05) is 24.9 Å². The second kappa shape index (κ2) is 7.05. The number of aryl methyl sites for hydroxylation is 3. The van der Waals surface area contributed by atoms with Crippen LogP contribution in [0.4, 0.5) is 0 Å². The number of halogens is 1. The Morgan fingerprint density at radius 2 is 2.10 bits per heavy atom. The Kier molecular flexibility index (Phi) is 5.37. The van der Waals surface area contributed by atoms with Crippen LogP contribution in [0.25, 0.3) is 0 Å². The van der Waals surface area contributed by atoms with E-state index in [1.54, 1.807) is 17.4 Å². The van der Waals surface area contributed by atoms with E-state index in [-0.39, 0.29) is 5.91 Å². The summed E-state index contributed by atoms with van der Waals surface area (Å²) < 4.78 is 0. The van der Waals surface area contributed by atoms with Crippen molar-refractivity contribution < 1.29 is 4.79 Å². The Hall–Kier alpha value is -1.39. The SMILES string of the molecule is CCCc1cc(C(=O)NCc2cc(C)c(C)s2)cc(Cl)n1. The smallest absolute Gasteiger partial charge is 0.251 e. The van der Waals surface area contributed by atoms with Gasteiger partial charge in [0.1, 0.15) is 5.15 Å². The van der Waals surface area contributed by atoms with Gasteiger partial charge in [-0.3, -0.25) is 4.79 Å². The van der Waals surface area contributed by atoms with Crippen molar-refractivity contribution in [3.63, 3.8) is 0 Å². The number of amides is 1. The normalized spacial score (nSPS) is 10.7. The van der Waals surface area contributed by atoms with Gasteiger partial charge in [-0.15, -0.1) is 11.3 Å². The molecule has 0 radical (unpaired) electrons. The molecule has 2 aromatic rings. The van der Waals surface area contributed by atoms with E-state index >= 15 is 0 Å². The van der Waals surface area contributed by atoms with Crippen molar-refractivity contribution in [1.29, 1.82) is 0 Å². The summed E-state index contributed by atoms with van der Waals surface area (Å²) in [5.74, 6) is -0.111. The van der Waals surface area contributed by atoms with Gasteiger partial charge in [0.15, 0.2) is 0 Å². The van der Waals surface area contributed by atoms with E-state index in [0.717, 1.165) is 23.4 Å². The molecule has 2 rings (SSSR count). The highest BCUT2D eigenvalue weighted by Crippen LogP contribution is 2.20. The first kappa shape index (κ1) is 16.0. The molecule has 0 fully saturated rings. The second-order valence-corrected chi connectivity index (χ2v) is 6.78. The maximum absolute atomic E-state index is 12.2. The zero-order chi connectivity index (χ0) is 15.4. The molecular weight excluding hydrogens is 304 g/mol. The minimum absolute atomic E-state index is 0.111. The lowest BCUT2D eigenvalue weighted by Gasteiger charge is -2.06. The van der Waals surface area contributed by atoms with Crippen LogP contribution in [0.15, 0.2) is 18.2 Å². The zero-order valence-corrected chi connectivity index (χ0v) is 14.1. The van der Waals surface area contributed by atoms with Crippen LogP contribution in [-0.4, -0.2) is 10.9 Å². The maximum atomic E-state index is 12.2. The number of hydrogen-bond donors (Lipinski definition) is 1. The van der Waals surface area contributed by atoms with Crippen LogP contribution in [0.5, 0.6) is 0 Å². The Morgan fingerprint density at radius 3 is 2.71 bits per heavy atom. The molecule has 0 bridgehead atoms. The number of pyridine rings is 1. The topological polar surface area (TPSA) is 42.0 Å². The fraction of sp³-hybridized carbons (Fsp3) is 0.375. The lowest BCUT2D eigenvalue weighted by atomic mass is 10.1. The predicted octanol–water partition coefficient (Wildman–Crippen LogP) is 4.30. The first-order valence-electron chi connectivity index (χ1n) is 7.00. The van der Waals surface area contributed by atoms with Crippen molar-refractivity contribution in [2.24, 2.45) is 0 Å². The number of nitrogens with zero attached hydrogens (tertiary/aromatic N) is 1. The van der Waals surface area contributed by atoms with E-state index in [2.05, 4.69) is 37.1 Å². The number of aromatic nitrogens is 1. The molecule has 2 heterocycles. The number of hydrogen-bond acceptors (Lipinski definition) is 3. The van der Waals surface area contributed by atoms with Gasteiger partial charge in [0, 0.05) is 21.0 Å². The molecule has 21 heavy (non-hydrogen) atoms. The van der Waals surface area contributed by atoms with E-state index in [1.807, 2.05) is 6.07 Å². The van der Waals surface area contributed by atoms with Gasteiger partial charge in [0.25, 0.3) is 5.91 Å². The second-order valence-electron chi connectivity index (χ2n) is 5.05. The number of carbonyl (C=O) groups is 1. The van der Waals surface area contributed by atoms with Gasteiger partial charge in [-0.25, -0.2) is 4.98 Å². The highest BCUT2D eigenvalue weighted by Gasteiger charge is 2.10. The van der Waals surface area contributed by atoms with Crippen LogP contribution in [0, 0.1) is 13.8 Å². The molecule has 0 aromatic carbocycles. The Bertz CT molecular complexity index is 632. The molecule has 0 saturated heterocycles. The lowest BCUT2D eigenvalue weighted by molar-refractivity contribution is 0.0951. The monoisotopic (exact) mass is 322 g/mol. The van der Waals surface area contributed by atoms with Crippen LogP contribution in [0.1, 0.15) is 44.7 Å². The lowest BCUT2D eigenvalue weighted by Crippen LogP contribution is -2.22. The van der Waals surface area contributed by atoms with Gasteiger partial charge >= 0.3 is 0 Å². The van der Waals surface area contributed by atoms with Crippen molar-refractivity contribution >= 4 is 28.8 Å². The summed E-state index contributed by atoms with van der Waals surface area (Å²) in [5.41, 5.74) is 2.70. The summed E-state index contributed by atoms with van der Waals surface area (Å²) >= 11 is 7.69. The number of rotatable bonds is 5. The third kappa shape index (κ3) is 4.29. The van der Waals surface area contributed by atoms with Crippen molar-refractivity contribution in [2.75, 3.05) is 0 Å². The highest BCUT2D eigenvalue weighted by molar-refractivity contribution is 7.12. The molecule has 0 aliphatic carbocycles. The van der Waals surface area contributed by atoms with Gasteiger partial charge in [0.2, 0.25) is 0 Å². The molecule has 2 aromatic heterocycles. The minimum Gasteiger partial charge on any atom is -0.347 e.